The molecule has 7 nitrogen and oxygen atoms in total. The average Bonchev–Trinajstić information content (AvgIpc) is 3.13. The van der Waals surface area contributed by atoms with E-state index in [1.807, 2.05) is 36.1 Å². The van der Waals surface area contributed by atoms with E-state index in [1.165, 1.54) is 11.3 Å². The van der Waals surface area contributed by atoms with Crippen LogP contribution in [0.15, 0.2) is 24.3 Å². The monoisotopic (exact) mass is 498 g/mol. The number of nitrogens with two attached hydrogens (primary N) is 1. The lowest BCUT2D eigenvalue weighted by Crippen LogP contribution is -2.66. The Morgan fingerprint density at radius 2 is 2.09 bits per heavy atom. The van der Waals surface area contributed by atoms with E-state index in [4.69, 9.17) is 10.7 Å². The predicted octanol–water partition coefficient (Wildman–Crippen LogP) is 3.30. The maximum absolute atomic E-state index is 14.5. The topological polar surface area (TPSA) is 96.2 Å². The number of pyridine rings is 2. The molecule has 0 spiro atoms. The van der Waals surface area contributed by atoms with Crippen molar-refractivity contribution in [2.75, 3.05) is 30.3 Å². The fourth-order valence-electron chi connectivity index (χ4n) is 5.60. The van der Waals surface area contributed by atoms with Crippen molar-refractivity contribution in [1.82, 2.24) is 20.6 Å². The number of carbonyl (C=O) groups excluding carboxylic acids is 1. The van der Waals surface area contributed by atoms with Gasteiger partial charge in [0.15, 0.2) is 0 Å². The Morgan fingerprint density at radius 1 is 1.23 bits per heavy atom. The molecule has 2 bridgehead atoms. The van der Waals surface area contributed by atoms with Gasteiger partial charge in [-0.15, -0.1) is 11.3 Å². The Hall–Kier alpha value is -2.85. The molecular weight excluding hydrogens is 470 g/mol. The molecule has 3 aromatic heterocycles. The minimum absolute atomic E-state index is 0.0146. The Morgan fingerprint density at radius 3 is 2.91 bits per heavy atom. The zero-order valence-corrected chi connectivity index (χ0v) is 20.3. The van der Waals surface area contributed by atoms with Crippen LogP contribution in [0.3, 0.4) is 0 Å². The number of fused-ring (bicyclic) bond motifs is 4. The highest BCUT2D eigenvalue weighted by Gasteiger charge is 2.53. The van der Waals surface area contributed by atoms with Gasteiger partial charge in [-0.2, -0.15) is 0 Å². The number of anilines is 2. The molecule has 35 heavy (non-hydrogen) atoms. The smallest absolute Gasteiger partial charge is 0.269 e. The minimum atomic E-state index is -2.67. The molecule has 3 aromatic rings. The maximum Gasteiger partial charge on any atom is 0.269 e. The SMILES string of the molecule is Cc1ccc2c(N)c(C(=O)N[C@H]3CCc4nc(N5C[C@H]6CCN[C@H](C5)C6(F)F)ccc4C3)sc2n1. The number of carbonyl (C=O) groups is 1. The predicted molar refractivity (Wildman–Crippen MR) is 133 cm³/mol. The summed E-state index contributed by atoms with van der Waals surface area (Å²) in [6, 6.07) is 6.93. The van der Waals surface area contributed by atoms with Crippen LogP contribution in [0.2, 0.25) is 0 Å². The van der Waals surface area contributed by atoms with Gasteiger partial charge in [0.25, 0.3) is 11.8 Å². The number of nitrogens with zero attached hydrogens (tertiary/aromatic N) is 3. The molecule has 6 rings (SSSR count). The van der Waals surface area contributed by atoms with Crippen molar-refractivity contribution in [2.24, 2.45) is 5.92 Å². The number of nitrogens with one attached hydrogen (secondary N) is 2. The molecule has 4 N–H and O–H groups in total. The molecule has 0 saturated carbocycles. The first-order chi connectivity index (χ1) is 16.8. The van der Waals surface area contributed by atoms with Crippen LogP contribution in [0.1, 0.15) is 39.5 Å². The number of rotatable bonds is 3. The van der Waals surface area contributed by atoms with Crippen LogP contribution in [0.25, 0.3) is 10.2 Å². The molecule has 0 radical (unpaired) electrons. The summed E-state index contributed by atoms with van der Waals surface area (Å²) in [6.07, 6.45) is 2.65. The highest BCUT2D eigenvalue weighted by atomic mass is 32.1. The number of nitrogen functional groups attached to an aromatic ring is 1. The number of halogens is 2. The number of aryl methyl sites for hydroxylation is 2. The van der Waals surface area contributed by atoms with Crippen molar-refractivity contribution in [2.45, 2.75) is 50.6 Å². The lowest BCUT2D eigenvalue weighted by molar-refractivity contribution is -0.115. The largest absolute Gasteiger partial charge is 0.397 e. The van der Waals surface area contributed by atoms with E-state index in [0.29, 0.717) is 36.5 Å². The van der Waals surface area contributed by atoms with Crippen molar-refractivity contribution in [3.63, 3.8) is 0 Å². The lowest BCUT2D eigenvalue weighted by Gasteiger charge is -2.47. The summed E-state index contributed by atoms with van der Waals surface area (Å²) in [6.45, 7) is 3.16. The van der Waals surface area contributed by atoms with Gasteiger partial charge in [-0.25, -0.2) is 18.7 Å². The van der Waals surface area contributed by atoms with Gasteiger partial charge in [-0.1, -0.05) is 6.07 Å². The Kier molecular flexibility index (Phi) is 5.41. The standard InChI is InChI=1S/C25H28F2N6OS/c1-13-2-5-17-21(28)22(35-24(17)30-13)23(34)31-16-4-6-18-14(10-16)3-7-20(32-18)33-11-15-8-9-29-19(12-33)25(15,26)27/h2-3,5,7,15-16,19,29H,4,6,8-12,28H2,1H3,(H,31,34)/t15-,16+,19-/m1/s1. The molecule has 3 aliphatic rings. The number of hydrogen-bond donors (Lipinski definition) is 3. The van der Waals surface area contributed by atoms with E-state index in [2.05, 4.69) is 15.6 Å². The highest BCUT2D eigenvalue weighted by Crippen LogP contribution is 2.40. The van der Waals surface area contributed by atoms with Gasteiger partial charge >= 0.3 is 0 Å². The van der Waals surface area contributed by atoms with E-state index >= 15 is 0 Å². The Labute approximate surface area is 206 Å². The number of alkyl halides is 2. The van der Waals surface area contributed by atoms with E-state index < -0.39 is 17.9 Å². The third-order valence-electron chi connectivity index (χ3n) is 7.58. The number of amides is 1. The lowest BCUT2D eigenvalue weighted by atomic mass is 9.84. The molecule has 0 unspecified atom stereocenters. The molecule has 2 fully saturated rings. The second-order valence-corrected chi connectivity index (χ2v) is 10.9. The van der Waals surface area contributed by atoms with Crippen molar-refractivity contribution in [3.8, 4) is 0 Å². The van der Waals surface area contributed by atoms with Gasteiger partial charge in [0, 0.05) is 41.8 Å². The van der Waals surface area contributed by atoms with Gasteiger partial charge < -0.3 is 21.3 Å². The first-order valence-corrected chi connectivity index (χ1v) is 12.9. The molecule has 10 heteroatoms. The quantitative estimate of drug-likeness (QED) is 0.513. The third-order valence-corrected chi connectivity index (χ3v) is 8.70. The zero-order valence-electron chi connectivity index (χ0n) is 19.5. The summed E-state index contributed by atoms with van der Waals surface area (Å²) in [5.74, 6) is -2.71. The van der Waals surface area contributed by atoms with Crippen LogP contribution in [-0.4, -0.2) is 53.5 Å². The summed E-state index contributed by atoms with van der Waals surface area (Å²) in [4.78, 5) is 25.6. The Balaban J connectivity index is 1.15. The van der Waals surface area contributed by atoms with Crippen LogP contribution in [0, 0.1) is 12.8 Å². The second kappa shape index (κ2) is 8.37. The van der Waals surface area contributed by atoms with E-state index in [-0.39, 0.29) is 18.5 Å². The summed E-state index contributed by atoms with van der Waals surface area (Å²) in [7, 11) is 0. The number of thiophene rings is 1. The van der Waals surface area contributed by atoms with Gasteiger partial charge in [0.2, 0.25) is 0 Å². The summed E-state index contributed by atoms with van der Waals surface area (Å²) in [5, 5.41) is 6.94. The first-order valence-electron chi connectivity index (χ1n) is 12.1. The molecule has 1 amide bonds. The van der Waals surface area contributed by atoms with Crippen LogP contribution >= 0.6 is 11.3 Å². The molecular formula is C25H28F2N6OS. The van der Waals surface area contributed by atoms with Crippen LogP contribution in [0.5, 0.6) is 0 Å². The van der Waals surface area contributed by atoms with E-state index in [9.17, 15) is 13.6 Å². The number of hydrogen-bond acceptors (Lipinski definition) is 7. The van der Waals surface area contributed by atoms with E-state index in [1.54, 1.807) is 0 Å². The molecule has 2 saturated heterocycles. The molecule has 3 atom stereocenters. The van der Waals surface area contributed by atoms with Gasteiger partial charge in [0.05, 0.1) is 11.7 Å². The van der Waals surface area contributed by atoms with Gasteiger partial charge in [-0.05, 0) is 62.9 Å². The van der Waals surface area contributed by atoms with Crippen LogP contribution < -0.4 is 21.3 Å². The third kappa shape index (κ3) is 3.92. The fourth-order valence-corrected chi connectivity index (χ4v) is 6.64. The average molecular weight is 499 g/mol. The van der Waals surface area contributed by atoms with Gasteiger partial charge in [-0.3, -0.25) is 4.79 Å². The normalized spacial score (nSPS) is 25.3. The summed E-state index contributed by atoms with van der Waals surface area (Å²) < 4.78 is 29.0. The minimum Gasteiger partial charge on any atom is -0.397 e. The van der Waals surface area contributed by atoms with Gasteiger partial charge in [0.1, 0.15) is 15.5 Å². The zero-order chi connectivity index (χ0) is 24.3. The summed E-state index contributed by atoms with van der Waals surface area (Å²) >= 11 is 1.32. The van der Waals surface area contributed by atoms with Crippen LogP contribution in [-0.2, 0) is 12.8 Å². The van der Waals surface area contributed by atoms with Crippen LogP contribution in [0.4, 0.5) is 20.3 Å². The second-order valence-electron chi connectivity index (χ2n) is 9.91. The molecule has 5 heterocycles. The summed E-state index contributed by atoms with van der Waals surface area (Å²) in [5.41, 5.74) is 9.70. The van der Waals surface area contributed by atoms with Crippen molar-refractivity contribution < 1.29 is 13.6 Å². The van der Waals surface area contributed by atoms with Crippen molar-refractivity contribution in [3.05, 3.63) is 46.1 Å². The van der Waals surface area contributed by atoms with E-state index in [0.717, 1.165) is 45.8 Å². The molecule has 1 aliphatic carbocycles. The Bertz CT molecular complexity index is 1290. The molecule has 0 aromatic carbocycles. The van der Waals surface area contributed by atoms with Crippen molar-refractivity contribution in [1.29, 1.82) is 0 Å². The number of piperidine rings is 2. The highest BCUT2D eigenvalue weighted by molar-refractivity contribution is 7.21. The fraction of sp³-hybridized carbons (Fsp3) is 0.480. The molecule has 2 aliphatic heterocycles. The first kappa shape index (κ1) is 22.6. The number of aromatic nitrogens is 2. The maximum atomic E-state index is 14.5. The van der Waals surface area contributed by atoms with Crippen molar-refractivity contribution >= 4 is 39.0 Å². The molecule has 184 valence electrons.